The van der Waals surface area contributed by atoms with E-state index in [0.717, 1.165) is 29.5 Å². The van der Waals surface area contributed by atoms with Crippen LogP contribution in [0.15, 0.2) is 51.9 Å². The van der Waals surface area contributed by atoms with Crippen LogP contribution in [-0.4, -0.2) is 19.5 Å². The maximum absolute atomic E-state index is 12.7. The van der Waals surface area contributed by atoms with Gasteiger partial charge >= 0.3 is 0 Å². The zero-order chi connectivity index (χ0) is 22.9. The average Bonchev–Trinajstić information content (AvgIpc) is 3.52. The molecule has 166 valence electrons. The van der Waals surface area contributed by atoms with Gasteiger partial charge in [-0.2, -0.15) is 0 Å². The maximum Gasteiger partial charge on any atom is 0.261 e. The fourth-order valence-electron chi connectivity index (χ4n) is 3.40. The van der Waals surface area contributed by atoms with E-state index in [0.29, 0.717) is 22.8 Å². The highest BCUT2D eigenvalue weighted by molar-refractivity contribution is 7.92. The monoisotopic (exact) mass is 451 g/mol. The molecule has 1 aromatic heterocycles. The first-order chi connectivity index (χ1) is 15.2. The van der Waals surface area contributed by atoms with E-state index in [4.69, 9.17) is 4.52 Å². The standard InChI is InChI=1S/C24H25N3O4S/c1-15-12-16(2)14-20(13-15)27-32(29,30)21-9-4-18(5-10-21)6-11-22-23(17(3)26-31-22)25-24(28)19-7-8-19/h4-6,9-14,19,27H,7-8H2,1-3H3,(H,25,28)/b11-6-. The topological polar surface area (TPSA) is 101 Å². The molecule has 0 bridgehead atoms. The van der Waals surface area contributed by atoms with Gasteiger partial charge in [0, 0.05) is 11.6 Å². The molecule has 0 spiro atoms. The number of nitrogens with one attached hydrogen (secondary N) is 2. The molecule has 0 saturated heterocycles. The lowest BCUT2D eigenvalue weighted by atomic mass is 10.1. The average molecular weight is 452 g/mol. The highest BCUT2D eigenvalue weighted by atomic mass is 32.2. The van der Waals surface area contributed by atoms with Crippen molar-refractivity contribution in [2.75, 3.05) is 10.0 Å². The molecular weight excluding hydrogens is 426 g/mol. The summed E-state index contributed by atoms with van der Waals surface area (Å²) < 4.78 is 33.4. The van der Waals surface area contributed by atoms with Crippen molar-refractivity contribution in [3.63, 3.8) is 0 Å². The van der Waals surface area contributed by atoms with Gasteiger partial charge in [0.1, 0.15) is 11.4 Å². The summed E-state index contributed by atoms with van der Waals surface area (Å²) in [6.45, 7) is 5.61. The predicted molar refractivity (Wildman–Crippen MR) is 125 cm³/mol. The number of hydrogen-bond donors (Lipinski definition) is 2. The second-order valence-corrected chi connectivity index (χ2v) is 9.84. The Hall–Kier alpha value is -3.39. The molecule has 0 atom stereocenters. The molecule has 2 N–H and O–H groups in total. The first-order valence-electron chi connectivity index (χ1n) is 10.4. The summed E-state index contributed by atoms with van der Waals surface area (Å²) in [5.41, 5.74) is 4.46. The van der Waals surface area contributed by atoms with Crippen molar-refractivity contribution in [2.45, 2.75) is 38.5 Å². The van der Waals surface area contributed by atoms with Crippen LogP contribution >= 0.6 is 0 Å². The van der Waals surface area contributed by atoms with E-state index >= 15 is 0 Å². The van der Waals surface area contributed by atoms with Crippen LogP contribution in [0.5, 0.6) is 0 Å². The molecule has 1 heterocycles. The van der Waals surface area contributed by atoms with Gasteiger partial charge in [-0.3, -0.25) is 9.52 Å². The SMILES string of the molecule is Cc1cc(C)cc(NS(=O)(=O)c2ccc(/C=C\c3onc(C)c3NC(=O)C3CC3)cc2)c1. The summed E-state index contributed by atoms with van der Waals surface area (Å²) in [5.74, 6) is 0.509. The van der Waals surface area contributed by atoms with Gasteiger partial charge in [-0.1, -0.05) is 29.4 Å². The van der Waals surface area contributed by atoms with Gasteiger partial charge in [-0.05, 0) is 80.6 Å². The smallest absolute Gasteiger partial charge is 0.261 e. The zero-order valence-corrected chi connectivity index (χ0v) is 19.0. The second-order valence-electron chi connectivity index (χ2n) is 8.16. The molecular formula is C24H25N3O4S. The van der Waals surface area contributed by atoms with Crippen molar-refractivity contribution in [1.29, 1.82) is 0 Å². The molecule has 3 aromatic rings. The number of hydrogen-bond acceptors (Lipinski definition) is 5. The zero-order valence-electron chi connectivity index (χ0n) is 18.2. The fourth-order valence-corrected chi connectivity index (χ4v) is 4.44. The number of rotatable bonds is 7. The number of carbonyl (C=O) groups is 1. The normalized spacial score (nSPS) is 14.0. The largest absolute Gasteiger partial charge is 0.354 e. The minimum absolute atomic E-state index is 0.0168. The molecule has 7 nitrogen and oxygen atoms in total. The van der Waals surface area contributed by atoms with Crippen molar-refractivity contribution >= 4 is 39.5 Å². The molecule has 1 fully saturated rings. The fraction of sp³-hybridized carbons (Fsp3) is 0.250. The maximum atomic E-state index is 12.7. The second kappa shape index (κ2) is 8.63. The van der Waals surface area contributed by atoms with E-state index in [-0.39, 0.29) is 16.7 Å². The molecule has 1 aliphatic rings. The lowest BCUT2D eigenvalue weighted by Gasteiger charge is -2.10. The molecule has 0 unspecified atom stereocenters. The predicted octanol–water partition coefficient (Wildman–Crippen LogP) is 4.92. The van der Waals surface area contributed by atoms with Gasteiger partial charge in [0.25, 0.3) is 10.0 Å². The Morgan fingerprint density at radius 2 is 1.69 bits per heavy atom. The summed E-state index contributed by atoms with van der Waals surface area (Å²) in [7, 11) is -3.70. The van der Waals surface area contributed by atoms with E-state index in [1.54, 1.807) is 55.5 Å². The summed E-state index contributed by atoms with van der Waals surface area (Å²) in [6, 6.07) is 12.1. The molecule has 1 aliphatic carbocycles. The van der Waals surface area contributed by atoms with Crippen LogP contribution in [0.3, 0.4) is 0 Å². The van der Waals surface area contributed by atoms with E-state index in [9.17, 15) is 13.2 Å². The quantitative estimate of drug-likeness (QED) is 0.531. The Morgan fingerprint density at radius 3 is 2.31 bits per heavy atom. The minimum atomic E-state index is -3.70. The first-order valence-corrected chi connectivity index (χ1v) is 11.9. The lowest BCUT2D eigenvalue weighted by molar-refractivity contribution is -0.117. The molecule has 0 aliphatic heterocycles. The number of aromatic nitrogens is 1. The Labute approximate surface area is 187 Å². The van der Waals surface area contributed by atoms with Crippen LogP contribution < -0.4 is 10.0 Å². The summed E-state index contributed by atoms with van der Waals surface area (Å²) in [4.78, 5) is 12.3. The Balaban J connectivity index is 1.48. The molecule has 2 aromatic carbocycles. The van der Waals surface area contributed by atoms with Crippen LogP contribution in [0.25, 0.3) is 12.2 Å². The number of aryl methyl sites for hydroxylation is 3. The number of carbonyl (C=O) groups excluding carboxylic acids is 1. The first kappa shape index (κ1) is 21.8. The van der Waals surface area contributed by atoms with E-state index < -0.39 is 10.0 Å². The van der Waals surface area contributed by atoms with Crippen LogP contribution in [-0.2, 0) is 14.8 Å². The van der Waals surface area contributed by atoms with Gasteiger partial charge in [0.2, 0.25) is 5.91 Å². The van der Waals surface area contributed by atoms with E-state index in [1.165, 1.54) is 0 Å². The molecule has 0 radical (unpaired) electrons. The number of nitrogens with zero attached hydrogens (tertiary/aromatic N) is 1. The molecule has 32 heavy (non-hydrogen) atoms. The third-order valence-corrected chi connectivity index (χ3v) is 6.57. The van der Waals surface area contributed by atoms with Crippen molar-refractivity contribution in [3.05, 3.63) is 70.6 Å². The van der Waals surface area contributed by atoms with Crippen LogP contribution in [0.1, 0.15) is 41.0 Å². The van der Waals surface area contributed by atoms with E-state index in [2.05, 4.69) is 15.2 Å². The summed E-state index contributed by atoms with van der Waals surface area (Å²) in [6.07, 6.45) is 5.31. The van der Waals surface area contributed by atoms with Gasteiger partial charge in [-0.25, -0.2) is 8.42 Å². The summed E-state index contributed by atoms with van der Waals surface area (Å²) >= 11 is 0. The Kier molecular flexibility index (Phi) is 5.88. The van der Waals surface area contributed by atoms with Crippen molar-refractivity contribution in [2.24, 2.45) is 5.92 Å². The van der Waals surface area contributed by atoms with Gasteiger partial charge in [-0.15, -0.1) is 0 Å². The van der Waals surface area contributed by atoms with Crippen LogP contribution in [0.2, 0.25) is 0 Å². The highest BCUT2D eigenvalue weighted by Gasteiger charge is 2.30. The van der Waals surface area contributed by atoms with Crippen molar-refractivity contribution in [1.82, 2.24) is 5.16 Å². The molecule has 1 saturated carbocycles. The van der Waals surface area contributed by atoms with E-state index in [1.807, 2.05) is 19.9 Å². The van der Waals surface area contributed by atoms with Crippen molar-refractivity contribution < 1.29 is 17.7 Å². The third-order valence-electron chi connectivity index (χ3n) is 5.18. The Morgan fingerprint density at radius 1 is 1.03 bits per heavy atom. The number of benzene rings is 2. The lowest BCUT2D eigenvalue weighted by Crippen LogP contribution is -2.14. The Bertz CT molecular complexity index is 1270. The van der Waals surface area contributed by atoms with Gasteiger partial charge in [0.05, 0.1) is 4.90 Å². The highest BCUT2D eigenvalue weighted by Crippen LogP contribution is 2.32. The number of amides is 1. The van der Waals surface area contributed by atoms with Gasteiger partial charge in [0.15, 0.2) is 5.76 Å². The third kappa shape index (κ3) is 5.08. The van der Waals surface area contributed by atoms with Crippen LogP contribution in [0.4, 0.5) is 11.4 Å². The number of anilines is 2. The van der Waals surface area contributed by atoms with Gasteiger partial charge < -0.3 is 9.84 Å². The van der Waals surface area contributed by atoms with Crippen LogP contribution in [0, 0.1) is 26.7 Å². The molecule has 8 heteroatoms. The number of sulfonamides is 1. The minimum Gasteiger partial charge on any atom is -0.354 e. The summed E-state index contributed by atoms with van der Waals surface area (Å²) in [5, 5.41) is 6.81. The molecule has 4 rings (SSSR count). The molecule has 1 amide bonds. The van der Waals surface area contributed by atoms with Crippen molar-refractivity contribution in [3.8, 4) is 0 Å².